The van der Waals surface area contributed by atoms with Gasteiger partial charge in [-0.1, -0.05) is 51.8 Å². The van der Waals surface area contributed by atoms with Crippen molar-refractivity contribution >= 4 is 27.5 Å². The smallest absolute Gasteiger partial charge is 0.0438 e. The second-order valence-corrected chi connectivity index (χ2v) is 6.63. The number of halogens is 2. The van der Waals surface area contributed by atoms with Crippen LogP contribution in [0.15, 0.2) is 36.4 Å². The summed E-state index contributed by atoms with van der Waals surface area (Å²) in [7, 11) is 0. The van der Waals surface area contributed by atoms with Crippen molar-refractivity contribution in [2.24, 2.45) is 0 Å². The molecule has 1 unspecified atom stereocenters. The molecule has 2 aromatic rings. The van der Waals surface area contributed by atoms with Crippen molar-refractivity contribution in [1.29, 1.82) is 0 Å². The fourth-order valence-electron chi connectivity index (χ4n) is 2.20. The zero-order chi connectivity index (χ0) is 14.0. The minimum absolute atomic E-state index is 0.299. The topological polar surface area (TPSA) is 0 Å². The van der Waals surface area contributed by atoms with Crippen LogP contribution < -0.4 is 0 Å². The van der Waals surface area contributed by atoms with Gasteiger partial charge in [0.1, 0.15) is 0 Å². The third-order valence-corrected chi connectivity index (χ3v) is 4.62. The van der Waals surface area contributed by atoms with Gasteiger partial charge in [-0.15, -0.1) is 0 Å². The lowest BCUT2D eigenvalue weighted by molar-refractivity contribution is 0.935. The Hall–Kier alpha value is -0.790. The Morgan fingerprint density at radius 3 is 2.32 bits per heavy atom. The van der Waals surface area contributed by atoms with Gasteiger partial charge in [0.2, 0.25) is 0 Å². The van der Waals surface area contributed by atoms with E-state index in [1.807, 2.05) is 6.07 Å². The van der Waals surface area contributed by atoms with E-state index in [-0.39, 0.29) is 0 Å². The molecule has 0 aliphatic rings. The molecule has 19 heavy (non-hydrogen) atoms. The van der Waals surface area contributed by atoms with E-state index in [1.165, 1.54) is 27.8 Å². The quantitative estimate of drug-likeness (QED) is 0.608. The van der Waals surface area contributed by atoms with Gasteiger partial charge >= 0.3 is 0 Å². The number of benzene rings is 2. The first-order valence-corrected chi connectivity index (χ1v) is 7.73. The van der Waals surface area contributed by atoms with Crippen molar-refractivity contribution in [2.45, 2.75) is 32.0 Å². The third-order valence-electron chi connectivity index (χ3n) is 3.56. The van der Waals surface area contributed by atoms with E-state index >= 15 is 0 Å². The molecular formula is C17H18BrCl. The molecule has 0 aliphatic heterocycles. The summed E-state index contributed by atoms with van der Waals surface area (Å²) in [5.41, 5.74) is 6.58. The number of hydrogen-bond acceptors (Lipinski definition) is 0. The third kappa shape index (κ3) is 3.61. The van der Waals surface area contributed by atoms with Crippen LogP contribution in [0.1, 0.15) is 32.6 Å². The molecule has 0 bridgehead atoms. The lowest BCUT2D eigenvalue weighted by Gasteiger charge is -2.14. The molecule has 2 rings (SSSR count). The van der Waals surface area contributed by atoms with Gasteiger partial charge < -0.3 is 0 Å². The number of hydrogen-bond donors (Lipinski definition) is 0. The molecule has 0 N–H and O–H groups in total. The summed E-state index contributed by atoms with van der Waals surface area (Å²) < 4.78 is 0. The van der Waals surface area contributed by atoms with Crippen LogP contribution in [0.3, 0.4) is 0 Å². The Balaban J connectivity index is 2.22. The molecule has 0 saturated carbocycles. The van der Waals surface area contributed by atoms with Gasteiger partial charge in [0.05, 0.1) is 0 Å². The van der Waals surface area contributed by atoms with Gasteiger partial charge in [-0.05, 0) is 67.1 Å². The maximum atomic E-state index is 6.09. The van der Waals surface area contributed by atoms with Crippen molar-refractivity contribution in [3.05, 3.63) is 69.2 Å². The highest BCUT2D eigenvalue weighted by molar-refractivity contribution is 9.09. The molecule has 100 valence electrons. The summed E-state index contributed by atoms with van der Waals surface area (Å²) in [5, 5.41) is 0.796. The number of rotatable bonds is 3. The molecule has 2 heteroatoms. The molecule has 1 atom stereocenters. The first-order valence-electron chi connectivity index (χ1n) is 6.43. The molecule has 2 aromatic carbocycles. The minimum atomic E-state index is 0.299. The fraction of sp³-hybridized carbons (Fsp3) is 0.294. The van der Waals surface area contributed by atoms with Crippen molar-refractivity contribution in [3.63, 3.8) is 0 Å². The van der Waals surface area contributed by atoms with Crippen LogP contribution in [0.5, 0.6) is 0 Å². The Morgan fingerprint density at radius 1 is 0.947 bits per heavy atom. The molecular weight excluding hydrogens is 320 g/mol. The van der Waals surface area contributed by atoms with Crippen LogP contribution in [-0.4, -0.2) is 0 Å². The zero-order valence-corrected chi connectivity index (χ0v) is 13.8. The maximum Gasteiger partial charge on any atom is 0.0438 e. The zero-order valence-electron chi connectivity index (χ0n) is 11.5. The van der Waals surface area contributed by atoms with Crippen LogP contribution in [0.25, 0.3) is 0 Å². The monoisotopic (exact) mass is 336 g/mol. The number of aryl methyl sites for hydroxylation is 3. The molecule has 0 aromatic heterocycles. The van der Waals surface area contributed by atoms with Crippen molar-refractivity contribution < 1.29 is 0 Å². The average Bonchev–Trinajstić information content (AvgIpc) is 2.36. The minimum Gasteiger partial charge on any atom is -0.0843 e. The second-order valence-electron chi connectivity index (χ2n) is 5.09. The van der Waals surface area contributed by atoms with Crippen LogP contribution in [-0.2, 0) is 6.42 Å². The lowest BCUT2D eigenvalue weighted by Crippen LogP contribution is -1.99. The van der Waals surface area contributed by atoms with Gasteiger partial charge in [-0.2, -0.15) is 0 Å². The van der Waals surface area contributed by atoms with Gasteiger partial charge in [-0.25, -0.2) is 0 Å². The van der Waals surface area contributed by atoms with E-state index in [0.717, 1.165) is 11.4 Å². The summed E-state index contributed by atoms with van der Waals surface area (Å²) in [6.07, 6.45) is 0.975. The fourth-order valence-corrected chi connectivity index (χ4v) is 3.24. The van der Waals surface area contributed by atoms with Crippen LogP contribution in [0.2, 0.25) is 5.02 Å². The highest BCUT2D eigenvalue weighted by Gasteiger charge is 2.12. The van der Waals surface area contributed by atoms with Crippen LogP contribution in [0.4, 0.5) is 0 Å². The van der Waals surface area contributed by atoms with Crippen molar-refractivity contribution in [2.75, 3.05) is 0 Å². The molecule has 0 radical (unpaired) electrons. The summed E-state index contributed by atoms with van der Waals surface area (Å²) in [6, 6.07) is 12.7. The predicted octanol–water partition coefficient (Wildman–Crippen LogP) is 5.94. The first-order chi connectivity index (χ1) is 8.97. The van der Waals surface area contributed by atoms with Gasteiger partial charge in [0, 0.05) is 9.85 Å². The lowest BCUT2D eigenvalue weighted by atomic mass is 9.98. The number of alkyl halides is 1. The summed E-state index contributed by atoms with van der Waals surface area (Å²) >= 11 is 9.88. The van der Waals surface area contributed by atoms with Crippen LogP contribution in [0, 0.1) is 20.8 Å². The van der Waals surface area contributed by atoms with Gasteiger partial charge in [-0.3, -0.25) is 0 Å². The van der Waals surface area contributed by atoms with E-state index in [1.54, 1.807) is 0 Å². The molecule has 0 amide bonds. The van der Waals surface area contributed by atoms with E-state index in [9.17, 15) is 0 Å². The summed E-state index contributed by atoms with van der Waals surface area (Å²) in [6.45, 7) is 6.43. The van der Waals surface area contributed by atoms with Crippen molar-refractivity contribution in [3.8, 4) is 0 Å². The highest BCUT2D eigenvalue weighted by atomic mass is 79.9. The average molecular weight is 338 g/mol. The Kier molecular flexibility index (Phi) is 4.70. The van der Waals surface area contributed by atoms with E-state index in [2.05, 4.69) is 67.0 Å². The first kappa shape index (κ1) is 14.6. The Morgan fingerprint density at radius 2 is 1.63 bits per heavy atom. The SMILES string of the molecule is Cc1ccc(CC(Br)c2cc(Cl)ccc2C)cc1C. The normalized spacial score (nSPS) is 12.5. The standard InChI is InChI=1S/C17H18BrCl/c1-11-4-6-14(8-13(11)3)9-17(18)16-10-15(19)7-5-12(16)2/h4-8,10,17H,9H2,1-3H3. The molecule has 0 nitrogen and oxygen atoms in total. The molecule has 0 heterocycles. The Bertz CT molecular complexity index is 590. The van der Waals surface area contributed by atoms with E-state index < -0.39 is 0 Å². The van der Waals surface area contributed by atoms with Gasteiger partial charge in [0.25, 0.3) is 0 Å². The molecule has 0 saturated heterocycles. The molecule has 0 spiro atoms. The highest BCUT2D eigenvalue weighted by Crippen LogP contribution is 2.31. The molecule has 0 aliphatic carbocycles. The van der Waals surface area contributed by atoms with Crippen molar-refractivity contribution in [1.82, 2.24) is 0 Å². The van der Waals surface area contributed by atoms with E-state index in [0.29, 0.717) is 4.83 Å². The largest absolute Gasteiger partial charge is 0.0843 e. The summed E-state index contributed by atoms with van der Waals surface area (Å²) in [4.78, 5) is 0.299. The predicted molar refractivity (Wildman–Crippen MR) is 87.5 cm³/mol. The van der Waals surface area contributed by atoms with Gasteiger partial charge in [0.15, 0.2) is 0 Å². The molecule has 0 fully saturated rings. The maximum absolute atomic E-state index is 6.09. The van der Waals surface area contributed by atoms with E-state index in [4.69, 9.17) is 11.6 Å². The second kappa shape index (κ2) is 6.11. The van der Waals surface area contributed by atoms with Crippen LogP contribution >= 0.6 is 27.5 Å². The Labute approximate surface area is 128 Å². The summed E-state index contributed by atoms with van der Waals surface area (Å²) in [5.74, 6) is 0.